The minimum Gasteiger partial charge on any atom is -0.324 e. The summed E-state index contributed by atoms with van der Waals surface area (Å²) in [7, 11) is 0. The van der Waals surface area contributed by atoms with Crippen LogP contribution in [0, 0.1) is 13.8 Å². The molecule has 9 heteroatoms. The third-order valence-corrected chi connectivity index (χ3v) is 4.88. The highest BCUT2D eigenvalue weighted by molar-refractivity contribution is 6.31. The number of halogens is 1. The summed E-state index contributed by atoms with van der Waals surface area (Å²) in [5, 5.41) is 11.3. The zero-order chi connectivity index (χ0) is 20.5. The van der Waals surface area contributed by atoms with Gasteiger partial charge in [0, 0.05) is 10.7 Å². The van der Waals surface area contributed by atoms with Crippen molar-refractivity contribution in [2.75, 3.05) is 5.32 Å². The lowest BCUT2D eigenvalue weighted by molar-refractivity contribution is -0.116. The predicted octanol–water partition coefficient (Wildman–Crippen LogP) is 2.89. The molecule has 4 rings (SSSR count). The SMILES string of the molecule is Cc1ccc(-n2nnc3c(=O)n(CC(=O)Nc4ccc(C)c(Cl)c4)cnc32)cc1. The molecule has 0 atom stereocenters. The number of carbonyl (C=O) groups excluding carboxylic acids is 1. The first-order valence-electron chi connectivity index (χ1n) is 8.86. The fourth-order valence-electron chi connectivity index (χ4n) is 2.84. The molecule has 1 amide bonds. The first-order valence-corrected chi connectivity index (χ1v) is 9.24. The molecule has 0 saturated heterocycles. The van der Waals surface area contributed by atoms with Crippen molar-refractivity contribution in [1.82, 2.24) is 24.5 Å². The van der Waals surface area contributed by atoms with E-state index in [4.69, 9.17) is 11.6 Å². The zero-order valence-corrected chi connectivity index (χ0v) is 16.5. The van der Waals surface area contributed by atoms with E-state index in [0.29, 0.717) is 16.4 Å². The van der Waals surface area contributed by atoms with Crippen LogP contribution in [0.15, 0.2) is 53.6 Å². The van der Waals surface area contributed by atoms with E-state index in [1.807, 2.05) is 38.1 Å². The lowest BCUT2D eigenvalue weighted by Gasteiger charge is -2.08. The lowest BCUT2D eigenvalue weighted by atomic mass is 10.2. The van der Waals surface area contributed by atoms with Crippen LogP contribution in [0.25, 0.3) is 16.9 Å². The van der Waals surface area contributed by atoms with Crippen LogP contribution >= 0.6 is 11.6 Å². The van der Waals surface area contributed by atoms with Gasteiger partial charge < -0.3 is 5.32 Å². The number of anilines is 1. The Bertz CT molecular complexity index is 1280. The second kappa shape index (κ2) is 7.48. The largest absolute Gasteiger partial charge is 0.324 e. The summed E-state index contributed by atoms with van der Waals surface area (Å²) in [5.74, 6) is -0.376. The Labute approximate surface area is 170 Å². The lowest BCUT2D eigenvalue weighted by Crippen LogP contribution is -2.28. The number of rotatable bonds is 4. The van der Waals surface area contributed by atoms with Gasteiger partial charge >= 0.3 is 0 Å². The van der Waals surface area contributed by atoms with Gasteiger partial charge in [0.1, 0.15) is 12.9 Å². The number of amides is 1. The van der Waals surface area contributed by atoms with E-state index in [9.17, 15) is 9.59 Å². The maximum atomic E-state index is 12.7. The van der Waals surface area contributed by atoms with Crippen molar-refractivity contribution in [3.05, 3.63) is 75.3 Å². The summed E-state index contributed by atoms with van der Waals surface area (Å²) >= 11 is 6.08. The third kappa shape index (κ3) is 3.74. The molecule has 2 aromatic carbocycles. The molecular weight excluding hydrogens is 392 g/mol. The standard InChI is InChI=1S/C20H17ClN6O2/c1-12-3-7-15(8-4-12)27-19-18(24-25-27)20(29)26(11-22-19)10-17(28)23-14-6-5-13(2)16(21)9-14/h3-9,11H,10H2,1-2H3,(H,23,28). The number of aromatic nitrogens is 5. The van der Waals surface area contributed by atoms with Gasteiger partial charge in [-0.25, -0.2) is 4.98 Å². The fraction of sp³-hybridized carbons (Fsp3) is 0.150. The number of hydrogen-bond donors (Lipinski definition) is 1. The summed E-state index contributed by atoms with van der Waals surface area (Å²) < 4.78 is 2.69. The molecule has 0 aliphatic carbocycles. The van der Waals surface area contributed by atoms with E-state index >= 15 is 0 Å². The van der Waals surface area contributed by atoms with Crippen molar-refractivity contribution in [2.24, 2.45) is 0 Å². The summed E-state index contributed by atoms with van der Waals surface area (Å²) in [6.45, 7) is 3.65. The number of carbonyl (C=O) groups is 1. The maximum absolute atomic E-state index is 12.7. The highest BCUT2D eigenvalue weighted by Crippen LogP contribution is 2.20. The van der Waals surface area contributed by atoms with Crippen LogP contribution in [0.3, 0.4) is 0 Å². The summed E-state index contributed by atoms with van der Waals surface area (Å²) in [4.78, 5) is 29.3. The molecule has 0 radical (unpaired) electrons. The Morgan fingerprint density at radius 1 is 1.14 bits per heavy atom. The van der Waals surface area contributed by atoms with Crippen LogP contribution in [-0.2, 0) is 11.3 Å². The van der Waals surface area contributed by atoms with Crippen molar-refractivity contribution in [1.29, 1.82) is 0 Å². The van der Waals surface area contributed by atoms with E-state index in [0.717, 1.165) is 16.8 Å². The van der Waals surface area contributed by atoms with Gasteiger partial charge in [-0.15, -0.1) is 5.10 Å². The summed E-state index contributed by atoms with van der Waals surface area (Å²) in [6.07, 6.45) is 1.32. The van der Waals surface area contributed by atoms with Gasteiger partial charge in [0.05, 0.1) is 5.69 Å². The predicted molar refractivity (Wildman–Crippen MR) is 110 cm³/mol. The minimum absolute atomic E-state index is 0.0965. The van der Waals surface area contributed by atoms with Crippen LogP contribution in [0.1, 0.15) is 11.1 Å². The van der Waals surface area contributed by atoms with Gasteiger partial charge in [0.2, 0.25) is 5.91 Å². The van der Waals surface area contributed by atoms with Crippen molar-refractivity contribution in [2.45, 2.75) is 20.4 Å². The zero-order valence-electron chi connectivity index (χ0n) is 15.8. The van der Waals surface area contributed by atoms with Gasteiger partial charge in [-0.3, -0.25) is 14.2 Å². The van der Waals surface area contributed by atoms with Gasteiger partial charge in [-0.1, -0.05) is 40.6 Å². The van der Waals surface area contributed by atoms with Crippen molar-refractivity contribution in [3.8, 4) is 5.69 Å². The van der Waals surface area contributed by atoms with Gasteiger partial charge in [0.25, 0.3) is 5.56 Å². The molecule has 0 aliphatic rings. The smallest absolute Gasteiger partial charge is 0.284 e. The normalized spacial score (nSPS) is 11.0. The first kappa shape index (κ1) is 18.8. The van der Waals surface area contributed by atoms with Crippen LogP contribution in [0.2, 0.25) is 5.02 Å². The molecule has 8 nitrogen and oxygen atoms in total. The van der Waals surface area contributed by atoms with Gasteiger partial charge in [-0.2, -0.15) is 4.68 Å². The second-order valence-corrected chi connectivity index (χ2v) is 7.11. The number of hydrogen-bond acceptors (Lipinski definition) is 5. The van der Waals surface area contributed by atoms with Crippen LogP contribution in [0.4, 0.5) is 5.69 Å². The number of fused-ring (bicyclic) bond motifs is 1. The Balaban J connectivity index is 1.59. The Kier molecular flexibility index (Phi) is 4.85. The average molecular weight is 409 g/mol. The van der Waals surface area contributed by atoms with Crippen molar-refractivity contribution < 1.29 is 4.79 Å². The topological polar surface area (TPSA) is 94.7 Å². The van der Waals surface area contributed by atoms with Crippen molar-refractivity contribution in [3.63, 3.8) is 0 Å². The molecule has 146 valence electrons. The van der Waals surface area contributed by atoms with Gasteiger partial charge in [0.15, 0.2) is 11.2 Å². The quantitative estimate of drug-likeness (QED) is 0.560. The summed E-state index contributed by atoms with van der Waals surface area (Å²) in [5.41, 5.74) is 3.31. The van der Waals surface area contributed by atoms with E-state index in [2.05, 4.69) is 20.6 Å². The monoisotopic (exact) mass is 408 g/mol. The van der Waals surface area contributed by atoms with Crippen LogP contribution in [-0.4, -0.2) is 30.5 Å². The van der Waals surface area contributed by atoms with E-state index in [-0.39, 0.29) is 18.0 Å². The molecule has 2 aromatic heterocycles. The van der Waals surface area contributed by atoms with E-state index < -0.39 is 5.56 Å². The number of nitrogens with zero attached hydrogens (tertiary/aromatic N) is 5. The number of nitrogens with one attached hydrogen (secondary N) is 1. The van der Waals surface area contributed by atoms with E-state index in [1.54, 1.807) is 18.2 Å². The average Bonchev–Trinajstić information content (AvgIpc) is 3.12. The fourth-order valence-corrected chi connectivity index (χ4v) is 3.02. The van der Waals surface area contributed by atoms with Crippen molar-refractivity contribution >= 4 is 34.4 Å². The third-order valence-electron chi connectivity index (χ3n) is 4.48. The van der Waals surface area contributed by atoms with Crippen LogP contribution < -0.4 is 10.9 Å². The minimum atomic E-state index is -0.439. The molecule has 4 aromatic rings. The molecule has 1 N–H and O–H groups in total. The molecule has 0 bridgehead atoms. The Morgan fingerprint density at radius 2 is 1.90 bits per heavy atom. The molecule has 0 aliphatic heterocycles. The first-order chi connectivity index (χ1) is 13.9. The molecule has 0 unspecified atom stereocenters. The van der Waals surface area contributed by atoms with Crippen LogP contribution in [0.5, 0.6) is 0 Å². The molecule has 2 heterocycles. The van der Waals surface area contributed by atoms with E-state index in [1.165, 1.54) is 15.6 Å². The maximum Gasteiger partial charge on any atom is 0.284 e. The summed E-state index contributed by atoms with van der Waals surface area (Å²) in [6, 6.07) is 12.8. The van der Waals surface area contributed by atoms with Gasteiger partial charge in [-0.05, 0) is 43.7 Å². The Morgan fingerprint density at radius 3 is 2.62 bits per heavy atom. The highest BCUT2D eigenvalue weighted by atomic mass is 35.5. The molecule has 0 spiro atoms. The molecule has 29 heavy (non-hydrogen) atoms. The molecule has 0 fully saturated rings. The second-order valence-electron chi connectivity index (χ2n) is 6.70. The highest BCUT2D eigenvalue weighted by Gasteiger charge is 2.15. The molecule has 0 saturated carbocycles. The molecular formula is C20H17ClN6O2. The number of benzene rings is 2. The Hall–Kier alpha value is -3.52. The number of aryl methyl sites for hydroxylation is 2.